The first-order chi connectivity index (χ1) is 28.5. The highest BCUT2D eigenvalue weighted by atomic mass is 16.6. The molecule has 0 bridgehead atoms. The van der Waals surface area contributed by atoms with E-state index in [1.807, 2.05) is 0 Å². The maximum atomic E-state index is 12.7. The van der Waals surface area contributed by atoms with Gasteiger partial charge in [0.05, 0.1) is 0 Å². The highest BCUT2D eigenvalue weighted by Gasteiger charge is 2.19. The van der Waals surface area contributed by atoms with Crippen molar-refractivity contribution in [3.8, 4) is 0 Å². The van der Waals surface area contributed by atoms with Gasteiger partial charge in [0.25, 0.3) is 0 Å². The van der Waals surface area contributed by atoms with E-state index in [9.17, 15) is 14.4 Å². The van der Waals surface area contributed by atoms with Crippen LogP contribution in [0.25, 0.3) is 0 Å². The van der Waals surface area contributed by atoms with E-state index in [1.54, 1.807) is 0 Å². The Morgan fingerprint density at radius 2 is 0.621 bits per heavy atom. The molecule has 58 heavy (non-hydrogen) atoms. The van der Waals surface area contributed by atoms with E-state index in [0.717, 1.165) is 70.6 Å². The van der Waals surface area contributed by atoms with Crippen LogP contribution in [0.5, 0.6) is 0 Å². The van der Waals surface area contributed by atoms with Crippen LogP contribution in [0.1, 0.15) is 271 Å². The van der Waals surface area contributed by atoms with Crippen molar-refractivity contribution in [2.75, 3.05) is 13.2 Å². The van der Waals surface area contributed by atoms with Crippen LogP contribution in [0.15, 0.2) is 24.3 Å². The Morgan fingerprint density at radius 3 is 0.966 bits per heavy atom. The second-order valence-electron chi connectivity index (χ2n) is 17.1. The molecule has 0 heterocycles. The van der Waals surface area contributed by atoms with Crippen molar-refractivity contribution < 1.29 is 28.6 Å². The van der Waals surface area contributed by atoms with Gasteiger partial charge in [0, 0.05) is 19.3 Å². The van der Waals surface area contributed by atoms with Crippen LogP contribution in [-0.2, 0) is 28.6 Å². The number of hydrogen-bond donors (Lipinski definition) is 0. The molecule has 1 atom stereocenters. The molecule has 0 amide bonds. The highest BCUT2D eigenvalue weighted by Crippen LogP contribution is 2.16. The highest BCUT2D eigenvalue weighted by molar-refractivity contribution is 5.71. The predicted octanol–water partition coefficient (Wildman–Crippen LogP) is 16.4. The van der Waals surface area contributed by atoms with Gasteiger partial charge in [-0.1, -0.05) is 225 Å². The third kappa shape index (κ3) is 45.0. The van der Waals surface area contributed by atoms with Crippen molar-refractivity contribution in [2.45, 2.75) is 277 Å². The van der Waals surface area contributed by atoms with Gasteiger partial charge < -0.3 is 14.2 Å². The summed E-state index contributed by atoms with van der Waals surface area (Å²) >= 11 is 0. The summed E-state index contributed by atoms with van der Waals surface area (Å²) in [5, 5.41) is 0. The molecule has 6 nitrogen and oxygen atoms in total. The molecule has 0 aromatic rings. The summed E-state index contributed by atoms with van der Waals surface area (Å²) in [5.41, 5.74) is 0. The third-order valence-corrected chi connectivity index (χ3v) is 11.2. The zero-order valence-corrected chi connectivity index (χ0v) is 38.8. The molecule has 0 rings (SSSR count). The summed E-state index contributed by atoms with van der Waals surface area (Å²) < 4.78 is 16.7. The van der Waals surface area contributed by atoms with Crippen LogP contribution in [-0.4, -0.2) is 37.2 Å². The van der Waals surface area contributed by atoms with Crippen LogP contribution in [0.3, 0.4) is 0 Å². The minimum absolute atomic E-state index is 0.0702. The molecule has 0 fully saturated rings. The van der Waals surface area contributed by atoms with E-state index in [0.29, 0.717) is 19.3 Å². The van der Waals surface area contributed by atoms with Crippen LogP contribution in [0, 0.1) is 0 Å². The second kappa shape index (κ2) is 47.6. The summed E-state index contributed by atoms with van der Waals surface area (Å²) in [6.45, 7) is 6.60. The number of unbranched alkanes of at least 4 members (excludes halogenated alkanes) is 31. The first-order valence-corrected chi connectivity index (χ1v) is 25.3. The molecule has 6 heteroatoms. The number of ether oxygens (including phenoxy) is 3. The molecule has 0 spiro atoms. The molecule has 0 aromatic heterocycles. The Bertz CT molecular complexity index is 942. The van der Waals surface area contributed by atoms with Gasteiger partial charge in [-0.2, -0.15) is 0 Å². The van der Waals surface area contributed by atoms with Gasteiger partial charge in [-0.05, 0) is 51.4 Å². The normalized spacial score (nSPS) is 12.1. The average Bonchev–Trinajstić information content (AvgIpc) is 3.22. The smallest absolute Gasteiger partial charge is 0.306 e. The Hall–Kier alpha value is -2.11. The standard InChI is InChI=1S/C52H96O6/c1-4-7-10-13-16-18-20-22-24-25-26-28-29-31-33-36-39-42-45-51(54)57-48-49(47-56-50(53)44-41-38-35-15-12-9-6-3)58-52(55)46-43-40-37-34-32-30-27-23-21-19-17-14-11-8-5-2/h18,20,24-25,49H,4-17,19,21-23,26-48H2,1-3H3/b20-18-,25-24-. The fraction of sp³-hybridized carbons (Fsp3) is 0.865. The van der Waals surface area contributed by atoms with E-state index in [2.05, 4.69) is 45.1 Å². The maximum absolute atomic E-state index is 12.7. The number of rotatable bonds is 46. The summed E-state index contributed by atoms with van der Waals surface area (Å²) in [6.07, 6.45) is 53.1. The van der Waals surface area contributed by atoms with E-state index >= 15 is 0 Å². The lowest BCUT2D eigenvalue weighted by Gasteiger charge is -2.18. The van der Waals surface area contributed by atoms with Gasteiger partial charge in [0.2, 0.25) is 0 Å². The number of carbonyl (C=O) groups excluding carboxylic acids is 3. The van der Waals surface area contributed by atoms with Crippen molar-refractivity contribution in [1.29, 1.82) is 0 Å². The van der Waals surface area contributed by atoms with E-state index in [4.69, 9.17) is 14.2 Å². The molecular formula is C52H96O6. The molecule has 0 saturated heterocycles. The fourth-order valence-electron chi connectivity index (χ4n) is 7.36. The molecular weight excluding hydrogens is 721 g/mol. The topological polar surface area (TPSA) is 78.9 Å². The number of hydrogen-bond acceptors (Lipinski definition) is 6. The number of allylic oxidation sites excluding steroid dienone is 4. The first-order valence-electron chi connectivity index (χ1n) is 25.3. The predicted molar refractivity (Wildman–Crippen MR) is 247 cm³/mol. The van der Waals surface area contributed by atoms with Crippen molar-refractivity contribution in [2.24, 2.45) is 0 Å². The molecule has 0 saturated carbocycles. The van der Waals surface area contributed by atoms with Crippen molar-refractivity contribution in [1.82, 2.24) is 0 Å². The molecule has 340 valence electrons. The third-order valence-electron chi connectivity index (χ3n) is 11.2. The Labute approximate surface area is 360 Å². The van der Waals surface area contributed by atoms with Gasteiger partial charge in [-0.15, -0.1) is 0 Å². The van der Waals surface area contributed by atoms with Gasteiger partial charge >= 0.3 is 17.9 Å². The van der Waals surface area contributed by atoms with Crippen LogP contribution in [0.4, 0.5) is 0 Å². The van der Waals surface area contributed by atoms with E-state index < -0.39 is 6.10 Å². The average molecular weight is 817 g/mol. The summed E-state index contributed by atoms with van der Waals surface area (Å²) in [7, 11) is 0. The Morgan fingerprint density at radius 1 is 0.345 bits per heavy atom. The minimum atomic E-state index is -0.766. The van der Waals surface area contributed by atoms with E-state index in [1.165, 1.54) is 161 Å². The Kier molecular flexibility index (Phi) is 45.8. The molecule has 0 aliphatic heterocycles. The SMILES string of the molecule is CCCCCC/C=C\C/C=C\CCCCCCCCCC(=O)OCC(COC(=O)CCCCCCCCC)OC(=O)CCCCCCCCCCCCCCCCC. The van der Waals surface area contributed by atoms with Crippen molar-refractivity contribution in [3.05, 3.63) is 24.3 Å². The quantitative estimate of drug-likeness (QED) is 0.0263. The summed E-state index contributed by atoms with van der Waals surface area (Å²) in [5.74, 6) is -0.873. The summed E-state index contributed by atoms with van der Waals surface area (Å²) in [6, 6.07) is 0. The lowest BCUT2D eigenvalue weighted by molar-refractivity contribution is -0.167. The lowest BCUT2D eigenvalue weighted by atomic mass is 10.0. The summed E-state index contributed by atoms with van der Waals surface area (Å²) in [4.78, 5) is 37.8. The van der Waals surface area contributed by atoms with E-state index in [-0.39, 0.29) is 31.1 Å². The monoisotopic (exact) mass is 817 g/mol. The fourth-order valence-corrected chi connectivity index (χ4v) is 7.36. The first kappa shape index (κ1) is 55.9. The Balaban J connectivity index is 4.24. The molecule has 0 radical (unpaired) electrons. The molecule has 0 N–H and O–H groups in total. The van der Waals surface area contributed by atoms with Gasteiger partial charge in [-0.3, -0.25) is 14.4 Å². The number of carbonyl (C=O) groups is 3. The van der Waals surface area contributed by atoms with Gasteiger partial charge in [-0.25, -0.2) is 0 Å². The van der Waals surface area contributed by atoms with Crippen LogP contribution >= 0.6 is 0 Å². The zero-order valence-electron chi connectivity index (χ0n) is 38.8. The van der Waals surface area contributed by atoms with Crippen molar-refractivity contribution in [3.63, 3.8) is 0 Å². The van der Waals surface area contributed by atoms with Crippen molar-refractivity contribution >= 4 is 17.9 Å². The maximum Gasteiger partial charge on any atom is 0.306 e. The molecule has 1 unspecified atom stereocenters. The second-order valence-corrected chi connectivity index (χ2v) is 17.1. The largest absolute Gasteiger partial charge is 0.462 e. The lowest BCUT2D eigenvalue weighted by Crippen LogP contribution is -2.30. The number of esters is 3. The van der Waals surface area contributed by atoms with Crippen LogP contribution < -0.4 is 0 Å². The molecule has 0 aliphatic carbocycles. The van der Waals surface area contributed by atoms with Gasteiger partial charge in [0.15, 0.2) is 6.10 Å². The van der Waals surface area contributed by atoms with Gasteiger partial charge in [0.1, 0.15) is 13.2 Å². The zero-order chi connectivity index (χ0) is 42.3. The minimum Gasteiger partial charge on any atom is -0.462 e. The molecule has 0 aliphatic rings. The van der Waals surface area contributed by atoms with Crippen LogP contribution in [0.2, 0.25) is 0 Å². The molecule has 0 aromatic carbocycles.